The van der Waals surface area contributed by atoms with Crippen LogP contribution in [0.1, 0.15) is 47.7 Å². The van der Waals surface area contributed by atoms with E-state index in [9.17, 15) is 4.79 Å². The number of hydrogen-bond acceptors (Lipinski definition) is 5. The summed E-state index contributed by atoms with van der Waals surface area (Å²) in [6.07, 6.45) is 5.01. The number of benzene rings is 1. The van der Waals surface area contributed by atoms with Crippen molar-refractivity contribution in [3.8, 4) is 11.5 Å². The molecule has 0 aliphatic carbocycles. The number of nitrogens with zero attached hydrogens (tertiary/aromatic N) is 1. The fourth-order valence-electron chi connectivity index (χ4n) is 3.69. The van der Waals surface area contributed by atoms with Gasteiger partial charge in [-0.1, -0.05) is 18.9 Å². The number of amides is 1. The van der Waals surface area contributed by atoms with Crippen molar-refractivity contribution in [1.82, 2.24) is 4.90 Å². The molecule has 1 aliphatic heterocycles. The van der Waals surface area contributed by atoms with E-state index in [1.165, 1.54) is 41.7 Å². The molecule has 27 heavy (non-hydrogen) atoms. The van der Waals surface area contributed by atoms with Gasteiger partial charge in [0, 0.05) is 17.5 Å². The largest absolute Gasteiger partial charge is 0.493 e. The molecule has 0 radical (unpaired) electrons. The Kier molecular flexibility index (Phi) is 6.74. The van der Waals surface area contributed by atoms with E-state index in [0.29, 0.717) is 17.5 Å². The highest BCUT2D eigenvalue weighted by atomic mass is 32.1. The van der Waals surface area contributed by atoms with Gasteiger partial charge in [0.25, 0.3) is 5.91 Å². The van der Waals surface area contributed by atoms with E-state index in [1.54, 1.807) is 7.11 Å². The number of ether oxygens (including phenoxy) is 2. The van der Waals surface area contributed by atoms with Crippen LogP contribution in [0.4, 0.5) is 0 Å². The lowest BCUT2D eigenvalue weighted by Crippen LogP contribution is -2.28. The van der Waals surface area contributed by atoms with Gasteiger partial charge in [-0.15, -0.1) is 11.3 Å². The number of thiophene rings is 1. The monoisotopic (exact) mass is 388 g/mol. The van der Waals surface area contributed by atoms with Crippen LogP contribution in [0.3, 0.4) is 0 Å². The zero-order chi connectivity index (χ0) is 19.2. The number of nitrogens with two attached hydrogens (primary N) is 1. The van der Waals surface area contributed by atoms with Crippen LogP contribution in [0.25, 0.3) is 0 Å². The molecular weight excluding hydrogens is 360 g/mol. The smallest absolute Gasteiger partial charge is 0.255 e. The van der Waals surface area contributed by atoms with Crippen LogP contribution in [0, 0.1) is 6.92 Å². The zero-order valence-electron chi connectivity index (χ0n) is 16.1. The van der Waals surface area contributed by atoms with Gasteiger partial charge in [0.2, 0.25) is 0 Å². The number of aryl methyl sites for hydroxylation is 1. The van der Waals surface area contributed by atoms with Gasteiger partial charge in [-0.05, 0) is 61.0 Å². The Morgan fingerprint density at radius 1 is 1.26 bits per heavy atom. The summed E-state index contributed by atoms with van der Waals surface area (Å²) in [7, 11) is 1.61. The van der Waals surface area contributed by atoms with E-state index in [-0.39, 0.29) is 6.61 Å². The molecule has 2 aromatic rings. The number of carbonyl (C=O) groups is 1. The van der Waals surface area contributed by atoms with Crippen LogP contribution in [0.5, 0.6) is 11.5 Å². The summed E-state index contributed by atoms with van der Waals surface area (Å²) in [6.45, 7) is 4.03. The number of rotatable bonds is 7. The first-order valence-corrected chi connectivity index (χ1v) is 10.3. The molecule has 3 rings (SSSR count). The summed E-state index contributed by atoms with van der Waals surface area (Å²) >= 11 is 1.87. The summed E-state index contributed by atoms with van der Waals surface area (Å²) in [5.41, 5.74) is 7.74. The lowest BCUT2D eigenvalue weighted by molar-refractivity contribution is -0.119. The molecule has 1 aromatic heterocycles. The van der Waals surface area contributed by atoms with E-state index >= 15 is 0 Å². The van der Waals surface area contributed by atoms with Crippen molar-refractivity contribution < 1.29 is 14.3 Å². The maximum atomic E-state index is 11.0. The average molecular weight is 389 g/mol. The Hall–Kier alpha value is -2.05. The minimum Gasteiger partial charge on any atom is -0.493 e. The molecule has 0 bridgehead atoms. The summed E-state index contributed by atoms with van der Waals surface area (Å²) in [6, 6.07) is 8.60. The Labute approximate surface area is 165 Å². The molecule has 146 valence electrons. The number of methoxy groups -OCH3 is 1. The first-order chi connectivity index (χ1) is 13.1. The maximum absolute atomic E-state index is 11.0. The van der Waals surface area contributed by atoms with Crippen LogP contribution in [-0.4, -0.2) is 31.1 Å². The molecule has 1 saturated heterocycles. The van der Waals surface area contributed by atoms with Crippen LogP contribution >= 0.6 is 11.3 Å². The van der Waals surface area contributed by atoms with Gasteiger partial charge in [-0.2, -0.15) is 0 Å². The molecule has 0 saturated carbocycles. The Bertz CT molecular complexity index is 775. The first-order valence-electron chi connectivity index (χ1n) is 9.44. The van der Waals surface area contributed by atoms with Crippen molar-refractivity contribution >= 4 is 17.2 Å². The number of primary amides is 1. The molecule has 1 amide bonds. The number of likely N-dealkylation sites (tertiary alicyclic amines) is 1. The van der Waals surface area contributed by atoms with Crippen molar-refractivity contribution in [2.24, 2.45) is 5.73 Å². The van der Waals surface area contributed by atoms with Gasteiger partial charge < -0.3 is 15.2 Å². The predicted octanol–water partition coefficient (Wildman–Crippen LogP) is 4.05. The van der Waals surface area contributed by atoms with Crippen molar-refractivity contribution in [3.05, 3.63) is 45.6 Å². The Balaban J connectivity index is 1.79. The van der Waals surface area contributed by atoms with Gasteiger partial charge >= 0.3 is 0 Å². The first kappa shape index (κ1) is 19.7. The second kappa shape index (κ2) is 9.24. The number of hydrogen-bond donors (Lipinski definition) is 1. The highest BCUT2D eigenvalue weighted by Gasteiger charge is 2.25. The Morgan fingerprint density at radius 3 is 2.81 bits per heavy atom. The van der Waals surface area contributed by atoms with Crippen molar-refractivity contribution in [1.29, 1.82) is 0 Å². The standard InChI is InChI=1S/C21H28N2O3S/c1-15-9-11-27-21(15)17-6-4-3-5-10-23(17)13-16-7-8-18(19(12-16)25-2)26-14-20(22)24/h7-9,11-12,17H,3-6,10,13-14H2,1-2H3,(H2,22,24). The molecule has 2 N–H and O–H groups in total. The van der Waals surface area contributed by atoms with Crippen molar-refractivity contribution in [3.63, 3.8) is 0 Å². The van der Waals surface area contributed by atoms with E-state index in [2.05, 4.69) is 23.3 Å². The van der Waals surface area contributed by atoms with E-state index in [1.807, 2.05) is 29.5 Å². The van der Waals surface area contributed by atoms with Gasteiger partial charge in [-0.25, -0.2) is 0 Å². The van der Waals surface area contributed by atoms with Crippen molar-refractivity contribution in [2.45, 2.75) is 45.2 Å². The minimum atomic E-state index is -0.500. The highest BCUT2D eigenvalue weighted by molar-refractivity contribution is 7.10. The number of carbonyl (C=O) groups excluding carboxylic acids is 1. The second-order valence-corrected chi connectivity index (χ2v) is 7.99. The van der Waals surface area contributed by atoms with Crippen LogP contribution in [0.2, 0.25) is 0 Å². The second-order valence-electron chi connectivity index (χ2n) is 7.04. The third-order valence-corrected chi connectivity index (χ3v) is 6.17. The maximum Gasteiger partial charge on any atom is 0.255 e. The van der Waals surface area contributed by atoms with E-state index in [4.69, 9.17) is 15.2 Å². The molecular formula is C21H28N2O3S. The fraction of sp³-hybridized carbons (Fsp3) is 0.476. The molecule has 1 aliphatic rings. The summed E-state index contributed by atoms with van der Waals surface area (Å²) in [5, 5.41) is 2.20. The van der Waals surface area contributed by atoms with Crippen LogP contribution in [-0.2, 0) is 11.3 Å². The molecule has 1 unspecified atom stereocenters. The molecule has 6 heteroatoms. The normalized spacial score (nSPS) is 18.1. The molecule has 2 heterocycles. The third kappa shape index (κ3) is 5.02. The lowest BCUT2D eigenvalue weighted by Gasteiger charge is -2.30. The van der Waals surface area contributed by atoms with Gasteiger partial charge in [0.05, 0.1) is 7.11 Å². The predicted molar refractivity (Wildman–Crippen MR) is 108 cm³/mol. The lowest BCUT2D eigenvalue weighted by atomic mass is 10.0. The minimum absolute atomic E-state index is 0.151. The average Bonchev–Trinajstić information content (AvgIpc) is 2.95. The van der Waals surface area contributed by atoms with Gasteiger partial charge in [0.15, 0.2) is 18.1 Å². The topological polar surface area (TPSA) is 64.8 Å². The summed E-state index contributed by atoms with van der Waals surface area (Å²) in [4.78, 5) is 15.0. The highest BCUT2D eigenvalue weighted by Crippen LogP contribution is 2.37. The molecule has 1 atom stereocenters. The summed E-state index contributed by atoms with van der Waals surface area (Å²) < 4.78 is 10.9. The molecule has 1 fully saturated rings. The molecule has 5 nitrogen and oxygen atoms in total. The van der Waals surface area contributed by atoms with Gasteiger partial charge in [-0.3, -0.25) is 9.69 Å². The zero-order valence-corrected chi connectivity index (χ0v) is 16.9. The fourth-order valence-corrected chi connectivity index (χ4v) is 4.79. The van der Waals surface area contributed by atoms with E-state index < -0.39 is 5.91 Å². The van der Waals surface area contributed by atoms with Crippen LogP contribution < -0.4 is 15.2 Å². The third-order valence-electron chi connectivity index (χ3n) is 5.05. The summed E-state index contributed by atoms with van der Waals surface area (Å²) in [5.74, 6) is 0.675. The van der Waals surface area contributed by atoms with E-state index in [0.717, 1.165) is 13.1 Å². The van der Waals surface area contributed by atoms with Crippen molar-refractivity contribution in [2.75, 3.05) is 20.3 Å². The SMILES string of the molecule is COc1cc(CN2CCCCCC2c2sccc2C)ccc1OCC(N)=O. The van der Waals surface area contributed by atoms with Crippen LogP contribution in [0.15, 0.2) is 29.6 Å². The van der Waals surface area contributed by atoms with Gasteiger partial charge in [0.1, 0.15) is 0 Å². The quantitative estimate of drug-likeness (QED) is 0.777. The Morgan fingerprint density at radius 2 is 2.11 bits per heavy atom. The molecule has 1 aromatic carbocycles. The molecule has 0 spiro atoms.